The molecule has 1 fully saturated rings. The van der Waals surface area contributed by atoms with Crippen LogP contribution in [0.3, 0.4) is 0 Å². The van der Waals surface area contributed by atoms with Gasteiger partial charge in [-0.1, -0.05) is 30.3 Å². The summed E-state index contributed by atoms with van der Waals surface area (Å²) in [5.74, 6) is 0.611. The summed E-state index contributed by atoms with van der Waals surface area (Å²) in [5, 5.41) is 7.96. The van der Waals surface area contributed by atoms with E-state index >= 15 is 0 Å². The van der Waals surface area contributed by atoms with Crippen LogP contribution in [0, 0.1) is 0 Å². The average molecular weight is 336 g/mol. The third-order valence-corrected chi connectivity index (χ3v) is 5.96. The van der Waals surface area contributed by atoms with E-state index in [1.165, 1.54) is 4.31 Å². The number of methoxy groups -OCH3 is 1. The maximum absolute atomic E-state index is 12.9. The first-order valence-electron chi connectivity index (χ1n) is 7.41. The molecule has 1 aliphatic rings. The fourth-order valence-corrected chi connectivity index (χ4v) is 4.68. The topological polar surface area (TPSA) is 77.3 Å². The zero-order valence-corrected chi connectivity index (χ0v) is 14.0. The van der Waals surface area contributed by atoms with E-state index in [2.05, 4.69) is 10.2 Å². The molecule has 0 unspecified atom stereocenters. The fraction of sp³-hybridized carbons (Fsp3) is 0.467. The van der Waals surface area contributed by atoms with Crippen LogP contribution < -0.4 is 0 Å². The molecule has 2 heterocycles. The first-order valence-corrected chi connectivity index (χ1v) is 9.02. The van der Waals surface area contributed by atoms with Gasteiger partial charge in [0.25, 0.3) is 0 Å². The van der Waals surface area contributed by atoms with Crippen molar-refractivity contribution in [2.45, 2.75) is 24.3 Å². The molecule has 1 saturated heterocycles. The summed E-state index contributed by atoms with van der Waals surface area (Å²) in [6, 6.07) is 8.84. The number of sulfonamides is 1. The van der Waals surface area contributed by atoms with Crippen LogP contribution in [0.1, 0.15) is 23.9 Å². The van der Waals surface area contributed by atoms with Crippen molar-refractivity contribution in [1.29, 1.82) is 0 Å². The molecule has 8 heteroatoms. The Kier molecular flexibility index (Phi) is 4.47. The van der Waals surface area contributed by atoms with E-state index < -0.39 is 10.0 Å². The fourth-order valence-electron chi connectivity index (χ4n) is 2.94. The lowest BCUT2D eigenvalue weighted by molar-refractivity contribution is 0.114. The van der Waals surface area contributed by atoms with Gasteiger partial charge in [-0.2, -0.15) is 4.31 Å². The molecule has 124 valence electrons. The predicted octanol–water partition coefficient (Wildman–Crippen LogP) is 1.11. The molecule has 0 amide bonds. The van der Waals surface area contributed by atoms with Gasteiger partial charge in [0.2, 0.25) is 10.0 Å². The van der Waals surface area contributed by atoms with Gasteiger partial charge in [-0.15, -0.1) is 10.2 Å². The standard InChI is InChI=1S/C15H20N4O3S/c1-18-11-16-17-15(18)14-8-13(22-2)9-19(14)23(20,21)10-12-6-4-3-5-7-12/h3-7,11,13-14H,8-10H2,1-2H3/t13-,14+/m1/s1. The molecule has 2 atom stereocenters. The smallest absolute Gasteiger partial charge is 0.219 e. The molecule has 23 heavy (non-hydrogen) atoms. The van der Waals surface area contributed by atoms with Gasteiger partial charge >= 0.3 is 0 Å². The summed E-state index contributed by atoms with van der Waals surface area (Å²) in [7, 11) is -0.0560. The molecule has 0 spiro atoms. The third kappa shape index (κ3) is 3.29. The van der Waals surface area contributed by atoms with Crippen molar-refractivity contribution in [3.05, 3.63) is 48.0 Å². The lowest BCUT2D eigenvalue weighted by Gasteiger charge is -2.23. The van der Waals surface area contributed by atoms with E-state index in [1.54, 1.807) is 18.0 Å². The summed E-state index contributed by atoms with van der Waals surface area (Å²) in [6.45, 7) is 0.337. The van der Waals surface area contributed by atoms with Gasteiger partial charge in [0.1, 0.15) is 6.33 Å². The largest absolute Gasteiger partial charge is 0.380 e. The second-order valence-electron chi connectivity index (χ2n) is 5.72. The van der Waals surface area contributed by atoms with Gasteiger partial charge in [0, 0.05) is 20.7 Å². The lowest BCUT2D eigenvalue weighted by atomic mass is 10.2. The second kappa shape index (κ2) is 6.38. The van der Waals surface area contributed by atoms with Crippen molar-refractivity contribution in [3.8, 4) is 0 Å². The highest BCUT2D eigenvalue weighted by atomic mass is 32.2. The Labute approximate surface area is 135 Å². The first-order chi connectivity index (χ1) is 11.0. The van der Waals surface area contributed by atoms with Gasteiger partial charge in [0.05, 0.1) is 17.9 Å². The monoisotopic (exact) mass is 336 g/mol. The number of rotatable bonds is 5. The molecule has 2 aromatic rings. The van der Waals surface area contributed by atoms with Gasteiger partial charge in [-0.3, -0.25) is 0 Å². The number of hydrogen-bond donors (Lipinski definition) is 0. The number of aromatic nitrogens is 3. The highest BCUT2D eigenvalue weighted by Gasteiger charge is 2.42. The maximum Gasteiger partial charge on any atom is 0.219 e. The van der Waals surface area contributed by atoms with Gasteiger partial charge < -0.3 is 9.30 Å². The van der Waals surface area contributed by atoms with Crippen LogP contribution in [0.25, 0.3) is 0 Å². The normalized spacial score (nSPS) is 22.5. The van der Waals surface area contributed by atoms with E-state index in [0.717, 1.165) is 5.56 Å². The van der Waals surface area contributed by atoms with Crippen LogP contribution in [0.5, 0.6) is 0 Å². The molecule has 1 aromatic heterocycles. The summed E-state index contributed by atoms with van der Waals surface area (Å²) in [5.41, 5.74) is 0.769. The minimum Gasteiger partial charge on any atom is -0.380 e. The highest BCUT2D eigenvalue weighted by Crippen LogP contribution is 2.35. The Balaban J connectivity index is 1.90. The number of nitrogens with zero attached hydrogens (tertiary/aromatic N) is 4. The SMILES string of the molecule is CO[C@@H]1C[C@@H](c2nncn2C)N(S(=O)(=O)Cc2ccccc2)C1. The summed E-state index contributed by atoms with van der Waals surface area (Å²) < 4.78 is 34.4. The van der Waals surface area contributed by atoms with Crippen molar-refractivity contribution < 1.29 is 13.2 Å². The molecule has 0 radical (unpaired) electrons. The summed E-state index contributed by atoms with van der Waals surface area (Å²) in [6.07, 6.45) is 2.02. The predicted molar refractivity (Wildman–Crippen MR) is 84.9 cm³/mol. The number of ether oxygens (including phenoxy) is 1. The number of benzene rings is 1. The molecule has 1 aromatic carbocycles. The molecule has 3 rings (SSSR count). The zero-order chi connectivity index (χ0) is 16.4. The van der Waals surface area contributed by atoms with Crippen LogP contribution in [0.2, 0.25) is 0 Å². The second-order valence-corrected chi connectivity index (χ2v) is 7.64. The Morgan fingerprint density at radius 3 is 2.65 bits per heavy atom. The highest BCUT2D eigenvalue weighted by molar-refractivity contribution is 7.88. The minimum absolute atomic E-state index is 0.0291. The Hall–Kier alpha value is -1.77. The van der Waals surface area contributed by atoms with Crippen molar-refractivity contribution in [3.63, 3.8) is 0 Å². The molecule has 0 N–H and O–H groups in total. The van der Waals surface area contributed by atoms with Crippen LogP contribution in [-0.2, 0) is 27.6 Å². The summed E-state index contributed by atoms with van der Waals surface area (Å²) >= 11 is 0. The van der Waals surface area contributed by atoms with Gasteiger partial charge in [-0.25, -0.2) is 8.42 Å². The number of aryl methyl sites for hydroxylation is 1. The van der Waals surface area contributed by atoms with Gasteiger partial charge in [-0.05, 0) is 12.0 Å². The molecule has 0 aliphatic carbocycles. The van der Waals surface area contributed by atoms with E-state index in [4.69, 9.17) is 4.74 Å². The van der Waals surface area contributed by atoms with E-state index in [-0.39, 0.29) is 17.9 Å². The van der Waals surface area contributed by atoms with E-state index in [9.17, 15) is 8.42 Å². The van der Waals surface area contributed by atoms with Crippen molar-refractivity contribution in [2.24, 2.45) is 7.05 Å². The van der Waals surface area contributed by atoms with Gasteiger partial charge in [0.15, 0.2) is 5.82 Å². The van der Waals surface area contributed by atoms with Crippen LogP contribution >= 0.6 is 0 Å². The quantitative estimate of drug-likeness (QED) is 0.817. The average Bonchev–Trinajstić information content (AvgIpc) is 3.13. The number of hydrogen-bond acceptors (Lipinski definition) is 5. The Morgan fingerprint density at radius 2 is 2.04 bits per heavy atom. The van der Waals surface area contributed by atoms with E-state index in [0.29, 0.717) is 18.8 Å². The minimum atomic E-state index is -3.48. The van der Waals surface area contributed by atoms with Crippen LogP contribution in [0.4, 0.5) is 0 Å². The molecular formula is C15H20N4O3S. The Bertz CT molecular complexity index is 760. The first kappa shape index (κ1) is 16.1. The Morgan fingerprint density at radius 1 is 1.30 bits per heavy atom. The van der Waals surface area contributed by atoms with Crippen LogP contribution in [-0.4, -0.2) is 47.2 Å². The molecule has 1 aliphatic heterocycles. The van der Waals surface area contributed by atoms with Crippen molar-refractivity contribution in [2.75, 3.05) is 13.7 Å². The molecule has 0 bridgehead atoms. The van der Waals surface area contributed by atoms with Crippen LogP contribution in [0.15, 0.2) is 36.7 Å². The van der Waals surface area contributed by atoms with Crippen molar-refractivity contribution >= 4 is 10.0 Å². The molecule has 7 nitrogen and oxygen atoms in total. The maximum atomic E-state index is 12.9. The summed E-state index contributed by atoms with van der Waals surface area (Å²) in [4.78, 5) is 0. The zero-order valence-electron chi connectivity index (χ0n) is 13.2. The third-order valence-electron chi connectivity index (χ3n) is 4.14. The van der Waals surface area contributed by atoms with Crippen molar-refractivity contribution in [1.82, 2.24) is 19.1 Å². The lowest BCUT2D eigenvalue weighted by Crippen LogP contribution is -2.34. The molecular weight excluding hydrogens is 316 g/mol. The van der Waals surface area contributed by atoms with E-state index in [1.807, 2.05) is 37.4 Å². The molecule has 0 saturated carbocycles.